The van der Waals surface area contributed by atoms with Gasteiger partial charge in [-0.25, -0.2) is 4.70 Å². The normalized spacial score (nSPS) is 12.3. The molecule has 2 aromatic carbocycles. The fourth-order valence-electron chi connectivity index (χ4n) is 11.3. The molecule has 0 bridgehead atoms. The predicted octanol–water partition coefficient (Wildman–Crippen LogP) is 24.8. The van der Waals surface area contributed by atoms with Crippen molar-refractivity contribution >= 4 is 11.4 Å². The van der Waals surface area contributed by atoms with E-state index < -0.39 is 0 Å². The topological polar surface area (TPSA) is 25.3 Å². The number of hydrogen-bond donors (Lipinski definition) is 0. The first-order chi connectivity index (χ1) is 36.0. The zero-order valence-corrected chi connectivity index (χ0v) is 52.5. The largest absolute Gasteiger partial charge is 2.00 e. The van der Waals surface area contributed by atoms with Crippen molar-refractivity contribution in [2.45, 2.75) is 344 Å². The molecule has 0 fully saturated rings. The second-order valence-corrected chi connectivity index (χ2v) is 22.2. The Kier molecular flexibility index (Phi) is 50.6. The molecule has 0 saturated carbocycles. The van der Waals surface area contributed by atoms with Crippen LogP contribution in [0, 0.1) is 13.8 Å². The Balaban J connectivity index is 0.0000104. The Labute approximate surface area is 478 Å². The molecule has 1 heterocycles. The molecule has 1 aliphatic rings. The molecule has 3 heteroatoms. The molecule has 0 unspecified atom stereocenters. The average Bonchev–Trinajstić information content (AvgIpc) is 3.69. The van der Waals surface area contributed by atoms with Crippen LogP contribution in [0.1, 0.15) is 352 Å². The number of unbranched alkanes of at least 4 members (excludes halogenated alkanes) is 33. The molecule has 74 heavy (non-hydrogen) atoms. The molecule has 0 saturated heterocycles. The van der Waals surface area contributed by atoms with Crippen molar-refractivity contribution < 1.29 is 25.1 Å². The summed E-state index contributed by atoms with van der Waals surface area (Å²) >= 11 is 0. The van der Waals surface area contributed by atoms with Crippen LogP contribution in [0.3, 0.4) is 0 Å². The van der Waals surface area contributed by atoms with Gasteiger partial charge in [0.2, 0.25) is 11.4 Å². The van der Waals surface area contributed by atoms with E-state index in [-0.39, 0.29) is 20.4 Å². The minimum atomic E-state index is 0. The molecule has 2 aromatic rings. The summed E-state index contributed by atoms with van der Waals surface area (Å²) in [7, 11) is 0. The van der Waals surface area contributed by atoms with Gasteiger partial charge in [-0.3, -0.25) is 0 Å². The molecular weight excluding hydrogens is 987 g/mol. The standard InChI is InChI=1S/C67H114N2.2C2H5.Pd/c1-7-13-19-23-25-27-29-31-33-35-37-39-44-48-60-53-61(49-45-40-38-36-34-32-30-28-26-24-20-14-8-2)57-63(56-60)67-65(51-41-17-11-5)64(50-18-12-6)66(69(67)68)62-54-58(46-42-21-15-9-3)52-59(55-62)47-43-22-16-10-4;2*1-2;/h52-57H,7-51H2,1-6H3;2*1H2,2H3;/q;2*-1;+2. The summed E-state index contributed by atoms with van der Waals surface area (Å²) in [6.07, 6.45) is 59.1. The maximum absolute atomic E-state index is 12.9. The van der Waals surface area contributed by atoms with E-state index in [4.69, 9.17) is 0 Å². The van der Waals surface area contributed by atoms with Gasteiger partial charge in [0.25, 0.3) is 0 Å². The zero-order chi connectivity index (χ0) is 53.4. The molecule has 0 aliphatic carbocycles. The number of benzene rings is 2. The van der Waals surface area contributed by atoms with E-state index >= 15 is 0 Å². The van der Waals surface area contributed by atoms with Gasteiger partial charge in [-0.1, -0.05) is 266 Å². The first kappa shape index (κ1) is 72.2. The molecule has 2 nitrogen and oxygen atoms in total. The summed E-state index contributed by atoms with van der Waals surface area (Å²) in [4.78, 5) is 0. The second-order valence-electron chi connectivity index (χ2n) is 22.2. The molecule has 0 N–H and O–H groups in total. The van der Waals surface area contributed by atoms with Crippen molar-refractivity contribution in [3.63, 3.8) is 0 Å². The fraction of sp³-hybridized carbons (Fsp3) is 0.746. The number of aryl methyl sites for hydroxylation is 4. The maximum atomic E-state index is 12.9. The van der Waals surface area contributed by atoms with Crippen LogP contribution in [-0.4, -0.2) is 4.70 Å². The first-order valence-electron chi connectivity index (χ1n) is 32.6. The van der Waals surface area contributed by atoms with Gasteiger partial charge in [0, 0.05) is 22.3 Å². The summed E-state index contributed by atoms with van der Waals surface area (Å²) in [5.74, 6) is 0. The third-order valence-corrected chi connectivity index (χ3v) is 15.6. The van der Waals surface area contributed by atoms with Crippen LogP contribution < -0.4 is 0 Å². The minimum Gasteiger partial charge on any atom is -0.493 e. The van der Waals surface area contributed by atoms with Crippen molar-refractivity contribution in [2.75, 3.05) is 0 Å². The van der Waals surface area contributed by atoms with Crippen LogP contribution in [0.25, 0.3) is 16.9 Å². The maximum Gasteiger partial charge on any atom is 2.00 e. The SMILES string of the molecule is CCCCCCCCCCCCCCCc1cc(CCCCCCCCCCCCCCC)cc(C2=C(CCCCC)C(CCCC)=C(c3cc(CCCCCC)cc(CCCCCC)c3)[N+]2=[N-])c1.[CH2-]C.[CH2-]C.[Pd+2]. The minimum absolute atomic E-state index is 0. The van der Waals surface area contributed by atoms with Crippen molar-refractivity contribution in [2.24, 2.45) is 0 Å². The molecule has 0 atom stereocenters. The van der Waals surface area contributed by atoms with E-state index in [1.54, 1.807) is 18.5 Å². The quantitative estimate of drug-likeness (QED) is 0.0273. The van der Waals surface area contributed by atoms with Crippen LogP contribution >= 0.6 is 0 Å². The van der Waals surface area contributed by atoms with Crippen molar-refractivity contribution in [3.8, 4) is 0 Å². The summed E-state index contributed by atoms with van der Waals surface area (Å²) in [6.45, 7) is 23.9. The monoisotopic (exact) mass is 1110 g/mol. The third kappa shape index (κ3) is 32.8. The zero-order valence-electron chi connectivity index (χ0n) is 50.9. The van der Waals surface area contributed by atoms with Gasteiger partial charge in [-0.15, -0.1) is 0 Å². The van der Waals surface area contributed by atoms with Gasteiger partial charge >= 0.3 is 20.4 Å². The van der Waals surface area contributed by atoms with Gasteiger partial charge in [0.15, 0.2) is 0 Å². The summed E-state index contributed by atoms with van der Waals surface area (Å²) in [5.41, 5.74) is 26.4. The fourth-order valence-corrected chi connectivity index (χ4v) is 11.3. The predicted molar refractivity (Wildman–Crippen MR) is 331 cm³/mol. The molecule has 428 valence electrons. The Hall–Kier alpha value is -1.82. The average molecular weight is 1110 g/mol. The van der Waals surface area contributed by atoms with E-state index in [0.717, 1.165) is 62.8 Å². The van der Waals surface area contributed by atoms with Crippen LogP contribution in [0.2, 0.25) is 0 Å². The first-order valence-corrected chi connectivity index (χ1v) is 32.6. The van der Waals surface area contributed by atoms with Crippen molar-refractivity contribution in [1.82, 2.24) is 0 Å². The number of rotatable bonds is 47. The van der Waals surface area contributed by atoms with E-state index in [1.165, 1.54) is 282 Å². The van der Waals surface area contributed by atoms with Crippen molar-refractivity contribution in [3.05, 3.63) is 100 Å². The molecular formula is C71H124N2Pd. The summed E-state index contributed by atoms with van der Waals surface area (Å²) in [6, 6.07) is 15.1. The van der Waals surface area contributed by atoms with E-state index in [9.17, 15) is 5.53 Å². The molecule has 0 radical (unpaired) electrons. The molecule has 0 amide bonds. The van der Waals surface area contributed by atoms with Crippen molar-refractivity contribution in [1.29, 1.82) is 0 Å². The number of hydrogen-bond acceptors (Lipinski definition) is 0. The third-order valence-electron chi connectivity index (χ3n) is 15.6. The van der Waals surface area contributed by atoms with Gasteiger partial charge < -0.3 is 19.4 Å². The molecule has 1 aliphatic heterocycles. The Morgan fingerprint density at radius 2 is 0.459 bits per heavy atom. The summed E-state index contributed by atoms with van der Waals surface area (Å²) < 4.78 is 1.72. The Morgan fingerprint density at radius 1 is 0.270 bits per heavy atom. The van der Waals surface area contributed by atoms with Crippen LogP contribution in [-0.2, 0) is 46.1 Å². The number of nitrogens with zero attached hydrogens (tertiary/aromatic N) is 2. The van der Waals surface area contributed by atoms with Gasteiger partial charge in [0.1, 0.15) is 0 Å². The van der Waals surface area contributed by atoms with E-state index in [2.05, 4.69) is 91.8 Å². The van der Waals surface area contributed by atoms with Crippen LogP contribution in [0.4, 0.5) is 0 Å². The molecule has 3 rings (SSSR count). The smallest absolute Gasteiger partial charge is 0.493 e. The second kappa shape index (κ2) is 51.9. The summed E-state index contributed by atoms with van der Waals surface area (Å²) in [5, 5.41) is 0. The van der Waals surface area contributed by atoms with Gasteiger partial charge in [-0.2, -0.15) is 13.8 Å². The Morgan fingerprint density at radius 3 is 0.716 bits per heavy atom. The Bertz CT molecular complexity index is 1590. The molecule has 0 spiro atoms. The van der Waals surface area contributed by atoms with Crippen LogP contribution in [0.15, 0.2) is 47.5 Å². The van der Waals surface area contributed by atoms with Crippen LogP contribution in [0.5, 0.6) is 0 Å². The van der Waals surface area contributed by atoms with E-state index in [0.29, 0.717) is 0 Å². The van der Waals surface area contributed by atoms with Gasteiger partial charge in [0.05, 0.1) is 0 Å². The van der Waals surface area contributed by atoms with E-state index in [1.807, 2.05) is 0 Å². The van der Waals surface area contributed by atoms with Gasteiger partial charge in [-0.05, 0) is 124 Å². The molecule has 0 aromatic heterocycles. The number of allylic oxidation sites excluding steroid dienone is 2.